The Hall–Kier alpha value is -1.80. The van der Waals surface area contributed by atoms with Crippen molar-refractivity contribution in [2.75, 3.05) is 0 Å². The lowest BCUT2D eigenvalue weighted by atomic mass is 9.84. The monoisotopic (exact) mass is 548 g/mol. The Morgan fingerprint density at radius 1 is 0.737 bits per heavy atom. The molecule has 0 amide bonds. The summed E-state index contributed by atoms with van der Waals surface area (Å²) in [6, 6.07) is 15.4. The van der Waals surface area contributed by atoms with Crippen LogP contribution in [-0.2, 0) is 37.7 Å². The highest BCUT2D eigenvalue weighted by molar-refractivity contribution is 6.32. The summed E-state index contributed by atoms with van der Waals surface area (Å²) in [5.41, 5.74) is 6.28. The van der Waals surface area contributed by atoms with Gasteiger partial charge in [-0.05, 0) is 96.5 Å². The van der Waals surface area contributed by atoms with Crippen LogP contribution in [0.5, 0.6) is 0 Å². The van der Waals surface area contributed by atoms with Crippen molar-refractivity contribution in [2.45, 2.75) is 117 Å². The van der Waals surface area contributed by atoms with Crippen molar-refractivity contribution >= 4 is 31.4 Å². The number of hydrogen-bond donors (Lipinski definition) is 0. The maximum atomic E-state index is 11.1. The number of carbonyl (C=O) groups is 1. The molecule has 0 bridgehead atoms. The minimum absolute atomic E-state index is 0.106. The van der Waals surface area contributed by atoms with E-state index in [1.807, 2.05) is 0 Å². The average Bonchev–Trinajstić information content (AvgIpc) is 2.83. The van der Waals surface area contributed by atoms with Gasteiger partial charge in [-0.2, -0.15) is 0 Å². The Balaban J connectivity index is 2.40. The number of carbonyl (C=O) groups excluding carboxylic acids is 1. The largest absolute Gasteiger partial charge is 0.408 e. The van der Waals surface area contributed by atoms with E-state index >= 15 is 0 Å². The molecule has 2 aromatic carbocycles. The summed E-state index contributed by atoms with van der Waals surface area (Å²) in [5.74, 6) is 0. The number of benzene rings is 2. The fourth-order valence-corrected chi connectivity index (χ4v) is 5.50. The molecule has 0 spiro atoms. The molecular formula is C33H48O3Si2. The molecule has 38 heavy (non-hydrogen) atoms. The van der Waals surface area contributed by atoms with Crippen LogP contribution < -0.4 is 0 Å². The van der Waals surface area contributed by atoms with E-state index < -0.39 is 11.2 Å². The first-order chi connectivity index (χ1) is 17.5. The van der Waals surface area contributed by atoms with E-state index in [0.717, 1.165) is 36.7 Å². The average molecular weight is 549 g/mol. The van der Waals surface area contributed by atoms with Gasteiger partial charge in [-0.3, -0.25) is 4.79 Å². The Labute approximate surface area is 237 Å². The van der Waals surface area contributed by atoms with Crippen molar-refractivity contribution in [1.82, 2.24) is 0 Å². The highest BCUT2D eigenvalue weighted by Crippen LogP contribution is 2.39. The molecule has 0 saturated carbocycles. The summed E-state index contributed by atoms with van der Waals surface area (Å²) in [6.07, 6.45) is 5.25. The first kappa shape index (κ1) is 32.4. The maximum Gasteiger partial charge on any atom is 0.236 e. The predicted octanol–water partition coefficient (Wildman–Crippen LogP) is 8.64. The molecular weight excluding hydrogens is 501 g/mol. The number of allylic oxidation sites excluding steroid dienone is 2. The molecule has 0 N–H and O–H groups in total. The zero-order valence-corrected chi connectivity index (χ0v) is 27.5. The molecule has 0 aromatic heterocycles. The Morgan fingerprint density at radius 2 is 1.26 bits per heavy atom. The third-order valence-electron chi connectivity index (χ3n) is 6.26. The molecule has 0 aliphatic carbocycles. The van der Waals surface area contributed by atoms with Crippen LogP contribution in [-0.4, -0.2) is 25.8 Å². The molecule has 4 radical (unpaired) electrons. The molecule has 0 aliphatic rings. The Bertz CT molecular complexity index is 1100. The van der Waals surface area contributed by atoms with E-state index in [2.05, 4.69) is 119 Å². The van der Waals surface area contributed by atoms with Crippen LogP contribution in [0.15, 0.2) is 48.5 Å². The molecule has 0 unspecified atom stereocenters. The molecule has 3 nitrogen and oxygen atoms in total. The summed E-state index contributed by atoms with van der Waals surface area (Å²) in [6.45, 7) is 24.1. The summed E-state index contributed by atoms with van der Waals surface area (Å²) in [4.78, 5) is 11.1. The van der Waals surface area contributed by atoms with E-state index in [9.17, 15) is 4.79 Å². The van der Waals surface area contributed by atoms with E-state index in [1.165, 1.54) is 22.3 Å². The third kappa shape index (κ3) is 10.1. The van der Waals surface area contributed by atoms with Crippen molar-refractivity contribution in [3.05, 3.63) is 76.4 Å². The molecule has 5 heteroatoms. The predicted molar refractivity (Wildman–Crippen MR) is 164 cm³/mol. The lowest BCUT2D eigenvalue weighted by Gasteiger charge is -2.37. The van der Waals surface area contributed by atoms with E-state index in [-0.39, 0.29) is 10.1 Å². The summed E-state index contributed by atoms with van der Waals surface area (Å²) < 4.78 is 13.1. The fourth-order valence-electron chi connectivity index (χ4n) is 4.16. The first-order valence-electron chi connectivity index (χ1n) is 13.8. The van der Waals surface area contributed by atoms with E-state index in [4.69, 9.17) is 8.85 Å². The van der Waals surface area contributed by atoms with Crippen LogP contribution in [0.25, 0.3) is 5.57 Å². The zero-order chi connectivity index (χ0) is 28.8. The summed E-state index contributed by atoms with van der Waals surface area (Å²) in [5, 5.41) is 0.222. The topological polar surface area (TPSA) is 35.5 Å². The van der Waals surface area contributed by atoms with Gasteiger partial charge in [0.25, 0.3) is 0 Å². The quantitative estimate of drug-likeness (QED) is 0.151. The van der Waals surface area contributed by atoms with E-state index in [1.54, 1.807) is 6.08 Å². The van der Waals surface area contributed by atoms with Gasteiger partial charge in [0.05, 0.1) is 11.2 Å². The van der Waals surface area contributed by atoms with Gasteiger partial charge in [0.1, 0.15) is 6.29 Å². The van der Waals surface area contributed by atoms with Gasteiger partial charge in [0.2, 0.25) is 19.5 Å². The second-order valence-electron chi connectivity index (χ2n) is 13.2. The van der Waals surface area contributed by atoms with Crippen LogP contribution >= 0.6 is 0 Å². The first-order valence-corrected chi connectivity index (χ1v) is 15.6. The number of aldehydes is 1. The van der Waals surface area contributed by atoms with Gasteiger partial charge in [0.15, 0.2) is 0 Å². The SMILES string of the molecule is CCC(=CC=O)c1cccc(CCc2ccc(C(C)(C)O[Si]C(C)(C)C)c(C(C)(C)O[Si]C(C)(C)C)c2)c1. The van der Waals surface area contributed by atoms with Gasteiger partial charge in [-0.25, -0.2) is 0 Å². The number of aryl methyl sites for hydroxylation is 2. The normalized spacial score (nSPS) is 13.6. The number of rotatable bonds is 12. The molecule has 0 aliphatic heterocycles. The second-order valence-corrected chi connectivity index (χ2v) is 17.0. The van der Waals surface area contributed by atoms with Crippen molar-refractivity contribution < 1.29 is 13.6 Å². The van der Waals surface area contributed by atoms with Crippen molar-refractivity contribution in [3.8, 4) is 0 Å². The molecule has 2 rings (SSSR count). The summed E-state index contributed by atoms with van der Waals surface area (Å²) in [7, 11) is 0.791. The van der Waals surface area contributed by atoms with Gasteiger partial charge >= 0.3 is 0 Å². The van der Waals surface area contributed by atoms with Crippen LogP contribution in [0.3, 0.4) is 0 Å². The van der Waals surface area contributed by atoms with Crippen molar-refractivity contribution in [2.24, 2.45) is 0 Å². The van der Waals surface area contributed by atoms with Gasteiger partial charge in [-0.15, -0.1) is 0 Å². The lowest BCUT2D eigenvalue weighted by Crippen LogP contribution is -2.34. The molecule has 2 aromatic rings. The number of hydrogen-bond acceptors (Lipinski definition) is 3. The minimum atomic E-state index is -0.446. The standard InChI is InChI=1S/C33H48O3Si2/c1-12-26(20-21-34)27-15-13-14-24(22-27)16-17-25-18-19-28(32(8,9)35-37-30(2,3)4)29(23-25)33(10,11)36-38-31(5,6)7/h13-15,18-23H,12,16-17H2,1-11H3. The lowest BCUT2D eigenvalue weighted by molar-refractivity contribution is -0.104. The van der Waals surface area contributed by atoms with Crippen LogP contribution in [0.4, 0.5) is 0 Å². The summed E-state index contributed by atoms with van der Waals surface area (Å²) >= 11 is 0. The van der Waals surface area contributed by atoms with Crippen LogP contribution in [0, 0.1) is 0 Å². The van der Waals surface area contributed by atoms with Crippen LogP contribution in [0.1, 0.15) is 110 Å². The van der Waals surface area contributed by atoms with Crippen LogP contribution in [0.2, 0.25) is 10.1 Å². The molecule has 0 heterocycles. The molecule has 0 atom stereocenters. The van der Waals surface area contributed by atoms with Crippen molar-refractivity contribution in [1.29, 1.82) is 0 Å². The van der Waals surface area contributed by atoms with E-state index in [0.29, 0.717) is 19.5 Å². The smallest absolute Gasteiger partial charge is 0.236 e. The second kappa shape index (κ2) is 13.0. The highest BCUT2D eigenvalue weighted by Gasteiger charge is 2.34. The molecule has 206 valence electrons. The third-order valence-corrected chi connectivity index (χ3v) is 8.71. The fraction of sp³-hybridized carbons (Fsp3) is 0.545. The molecule has 0 fully saturated rings. The molecule has 0 saturated heterocycles. The minimum Gasteiger partial charge on any atom is -0.408 e. The zero-order valence-electron chi connectivity index (χ0n) is 25.5. The maximum absolute atomic E-state index is 11.1. The van der Waals surface area contributed by atoms with Gasteiger partial charge in [0, 0.05) is 0 Å². The van der Waals surface area contributed by atoms with Gasteiger partial charge < -0.3 is 8.85 Å². The Kier molecular flexibility index (Phi) is 11.1. The highest BCUT2D eigenvalue weighted by atomic mass is 28.2. The van der Waals surface area contributed by atoms with Crippen molar-refractivity contribution in [3.63, 3.8) is 0 Å². The Morgan fingerprint density at radius 3 is 1.76 bits per heavy atom. The van der Waals surface area contributed by atoms with Gasteiger partial charge in [-0.1, -0.05) is 90.9 Å².